The zero-order chi connectivity index (χ0) is 15.3. The van der Waals surface area contributed by atoms with Crippen LogP contribution < -0.4 is 0 Å². The van der Waals surface area contributed by atoms with Gasteiger partial charge in [0, 0.05) is 5.41 Å². The quantitative estimate of drug-likeness (QED) is 0.854. The Morgan fingerprint density at radius 1 is 0.909 bits per heavy atom. The van der Waals surface area contributed by atoms with Crippen LogP contribution in [0.25, 0.3) is 11.1 Å². The Bertz CT molecular complexity index is 716. The van der Waals surface area contributed by atoms with Gasteiger partial charge in [-0.1, -0.05) is 74.5 Å². The minimum Gasteiger partial charge on any atom is -0.392 e. The molecule has 1 N–H and O–H groups in total. The fourth-order valence-electron chi connectivity index (χ4n) is 4.74. The molecule has 4 atom stereocenters. The Labute approximate surface area is 132 Å². The second-order valence-corrected chi connectivity index (χ2v) is 7.05. The molecule has 1 nitrogen and oxygen atoms in total. The summed E-state index contributed by atoms with van der Waals surface area (Å²) in [5.74, 6) is 0.783. The van der Waals surface area contributed by atoms with E-state index in [2.05, 4.69) is 74.5 Å². The lowest BCUT2D eigenvalue weighted by Crippen LogP contribution is -2.34. The van der Waals surface area contributed by atoms with E-state index in [1.165, 1.54) is 22.3 Å². The lowest BCUT2D eigenvalue weighted by Gasteiger charge is -2.36. The molecule has 0 aliphatic heterocycles. The molecule has 0 unspecified atom stereocenters. The second-order valence-electron chi connectivity index (χ2n) is 7.05. The normalized spacial score (nSPS) is 33.5. The van der Waals surface area contributed by atoms with Gasteiger partial charge in [0.1, 0.15) is 0 Å². The largest absolute Gasteiger partial charge is 0.392 e. The van der Waals surface area contributed by atoms with Crippen LogP contribution in [0.15, 0.2) is 60.7 Å². The van der Waals surface area contributed by atoms with Crippen molar-refractivity contribution in [2.75, 3.05) is 0 Å². The maximum Gasteiger partial charge on any atom is 0.0665 e. The molecule has 1 fully saturated rings. The standard InChI is InChI=1S/C21H22O/c1-14-17-13-21(2,20(14)22)19(16-11-7-4-8-12-16)18(17)15-9-5-3-6-10-15/h3-12,14,17,20,22H,13H2,1-2H3/t14-,17-,20-,21-/m1/s1. The molecule has 0 spiro atoms. The molecule has 2 bridgehead atoms. The third kappa shape index (κ3) is 1.75. The summed E-state index contributed by atoms with van der Waals surface area (Å²) in [6.45, 7) is 4.44. The number of aliphatic hydroxyl groups is 1. The summed E-state index contributed by atoms with van der Waals surface area (Å²) in [7, 11) is 0. The van der Waals surface area contributed by atoms with Gasteiger partial charge >= 0.3 is 0 Å². The number of rotatable bonds is 2. The fourth-order valence-corrected chi connectivity index (χ4v) is 4.74. The van der Waals surface area contributed by atoms with Crippen LogP contribution in [0.1, 0.15) is 31.4 Å². The smallest absolute Gasteiger partial charge is 0.0665 e. The van der Waals surface area contributed by atoms with Gasteiger partial charge < -0.3 is 5.11 Å². The zero-order valence-electron chi connectivity index (χ0n) is 13.2. The summed E-state index contributed by atoms with van der Waals surface area (Å²) in [4.78, 5) is 0. The fraction of sp³-hybridized carbons (Fsp3) is 0.333. The van der Waals surface area contributed by atoms with Crippen molar-refractivity contribution in [2.45, 2.75) is 26.4 Å². The Hall–Kier alpha value is -1.86. The number of aliphatic hydroxyl groups excluding tert-OH is 1. The predicted molar refractivity (Wildman–Crippen MR) is 91.1 cm³/mol. The summed E-state index contributed by atoms with van der Waals surface area (Å²) in [5.41, 5.74) is 5.25. The van der Waals surface area contributed by atoms with Crippen LogP contribution in [0.5, 0.6) is 0 Å². The van der Waals surface area contributed by atoms with E-state index in [1.807, 2.05) is 0 Å². The van der Waals surface area contributed by atoms with Gasteiger partial charge in [-0.2, -0.15) is 0 Å². The number of hydrogen-bond acceptors (Lipinski definition) is 1. The zero-order valence-corrected chi connectivity index (χ0v) is 13.2. The van der Waals surface area contributed by atoms with E-state index in [0.717, 1.165) is 6.42 Å². The second kappa shape index (κ2) is 4.82. The van der Waals surface area contributed by atoms with Gasteiger partial charge in [-0.3, -0.25) is 0 Å². The molecule has 0 radical (unpaired) electrons. The molecule has 112 valence electrons. The molecule has 0 saturated heterocycles. The first-order chi connectivity index (χ1) is 10.6. The molecular formula is C21H22O. The van der Waals surface area contributed by atoms with E-state index in [9.17, 15) is 5.11 Å². The molecule has 0 heterocycles. The summed E-state index contributed by atoms with van der Waals surface area (Å²) in [5, 5.41) is 10.8. The molecule has 0 amide bonds. The third-order valence-electron chi connectivity index (χ3n) is 5.79. The summed E-state index contributed by atoms with van der Waals surface area (Å²) in [6, 6.07) is 21.3. The first-order valence-electron chi connectivity index (χ1n) is 8.16. The van der Waals surface area contributed by atoms with E-state index < -0.39 is 0 Å². The minimum atomic E-state index is -0.250. The van der Waals surface area contributed by atoms with Crippen LogP contribution in [0, 0.1) is 17.3 Å². The molecule has 4 rings (SSSR count). The maximum atomic E-state index is 10.8. The van der Waals surface area contributed by atoms with Crippen molar-refractivity contribution in [3.05, 3.63) is 71.8 Å². The average molecular weight is 290 g/mol. The highest BCUT2D eigenvalue weighted by Crippen LogP contribution is 2.65. The molecular weight excluding hydrogens is 268 g/mol. The topological polar surface area (TPSA) is 20.2 Å². The highest BCUT2D eigenvalue weighted by molar-refractivity contribution is 5.98. The first kappa shape index (κ1) is 13.8. The van der Waals surface area contributed by atoms with Crippen LogP contribution in [0.3, 0.4) is 0 Å². The van der Waals surface area contributed by atoms with Crippen molar-refractivity contribution in [1.29, 1.82) is 0 Å². The van der Waals surface area contributed by atoms with Crippen LogP contribution in [0.2, 0.25) is 0 Å². The lowest BCUT2D eigenvalue weighted by molar-refractivity contribution is 0.0683. The Morgan fingerprint density at radius 2 is 1.45 bits per heavy atom. The molecule has 0 aromatic heterocycles. The summed E-state index contributed by atoms with van der Waals surface area (Å²) < 4.78 is 0. The van der Waals surface area contributed by atoms with Crippen molar-refractivity contribution in [2.24, 2.45) is 17.3 Å². The SMILES string of the molecule is C[C@H]1[C@@H](O)[C@]2(C)C[C@H]1C(c1ccccc1)=C2c1ccccc1. The van der Waals surface area contributed by atoms with Crippen molar-refractivity contribution >= 4 is 11.1 Å². The average Bonchev–Trinajstić information content (AvgIpc) is 2.99. The van der Waals surface area contributed by atoms with E-state index in [-0.39, 0.29) is 11.5 Å². The maximum absolute atomic E-state index is 10.8. The van der Waals surface area contributed by atoms with Crippen molar-refractivity contribution < 1.29 is 5.11 Å². The van der Waals surface area contributed by atoms with Gasteiger partial charge in [-0.15, -0.1) is 0 Å². The van der Waals surface area contributed by atoms with Crippen LogP contribution >= 0.6 is 0 Å². The van der Waals surface area contributed by atoms with Crippen LogP contribution in [-0.4, -0.2) is 11.2 Å². The minimum absolute atomic E-state index is 0.128. The van der Waals surface area contributed by atoms with Gasteiger partial charge in [0.05, 0.1) is 6.10 Å². The van der Waals surface area contributed by atoms with Gasteiger partial charge in [0.15, 0.2) is 0 Å². The van der Waals surface area contributed by atoms with Gasteiger partial charge in [0.25, 0.3) is 0 Å². The number of fused-ring (bicyclic) bond motifs is 2. The van der Waals surface area contributed by atoms with Gasteiger partial charge in [-0.25, -0.2) is 0 Å². The molecule has 1 saturated carbocycles. The molecule has 2 aromatic carbocycles. The highest BCUT2D eigenvalue weighted by atomic mass is 16.3. The van der Waals surface area contributed by atoms with Crippen LogP contribution in [0.4, 0.5) is 0 Å². The van der Waals surface area contributed by atoms with Gasteiger partial charge in [0.2, 0.25) is 0 Å². The Kier molecular flexibility index (Phi) is 3.02. The van der Waals surface area contributed by atoms with Crippen LogP contribution in [-0.2, 0) is 0 Å². The highest BCUT2D eigenvalue weighted by Gasteiger charge is 2.57. The van der Waals surface area contributed by atoms with E-state index in [1.54, 1.807) is 0 Å². The van der Waals surface area contributed by atoms with Crippen molar-refractivity contribution in [3.8, 4) is 0 Å². The lowest BCUT2D eigenvalue weighted by atomic mass is 9.71. The number of benzene rings is 2. The Morgan fingerprint density at radius 3 is 2.05 bits per heavy atom. The number of hydrogen-bond donors (Lipinski definition) is 1. The van der Waals surface area contributed by atoms with Crippen molar-refractivity contribution in [1.82, 2.24) is 0 Å². The molecule has 2 aliphatic rings. The first-order valence-corrected chi connectivity index (χ1v) is 8.16. The summed E-state index contributed by atoms with van der Waals surface area (Å²) >= 11 is 0. The predicted octanol–water partition coefficient (Wildman–Crippen LogP) is 4.63. The number of allylic oxidation sites excluding steroid dienone is 1. The third-order valence-corrected chi connectivity index (χ3v) is 5.79. The molecule has 22 heavy (non-hydrogen) atoms. The van der Waals surface area contributed by atoms with E-state index in [0.29, 0.717) is 11.8 Å². The van der Waals surface area contributed by atoms with Gasteiger partial charge in [-0.05, 0) is 40.5 Å². The molecule has 1 heteroatoms. The molecule has 2 aromatic rings. The van der Waals surface area contributed by atoms with E-state index >= 15 is 0 Å². The Balaban J connectivity index is 1.99. The molecule has 2 aliphatic carbocycles. The monoisotopic (exact) mass is 290 g/mol. The summed E-state index contributed by atoms with van der Waals surface area (Å²) in [6.07, 6.45) is 0.809. The van der Waals surface area contributed by atoms with Crippen molar-refractivity contribution in [3.63, 3.8) is 0 Å². The van der Waals surface area contributed by atoms with E-state index in [4.69, 9.17) is 0 Å².